The maximum absolute atomic E-state index is 9.02. The van der Waals surface area contributed by atoms with Crippen molar-refractivity contribution in [2.75, 3.05) is 31.7 Å². The van der Waals surface area contributed by atoms with Gasteiger partial charge in [0.15, 0.2) is 5.82 Å². The molecule has 0 atom stereocenters. The Kier molecular flexibility index (Phi) is 6.88. The fourth-order valence-corrected chi connectivity index (χ4v) is 4.67. The molecule has 0 amide bonds. The van der Waals surface area contributed by atoms with Crippen molar-refractivity contribution in [3.05, 3.63) is 22.3 Å². The normalized spacial score (nSPS) is 11.4. The number of nitrogens with one attached hydrogen (secondary N) is 1. The van der Waals surface area contributed by atoms with Crippen LogP contribution in [0.25, 0.3) is 0 Å². The first-order chi connectivity index (χ1) is 11.0. The van der Waals surface area contributed by atoms with E-state index in [1.807, 2.05) is 30.1 Å². The lowest BCUT2D eigenvalue weighted by atomic mass is 10.3. The first-order valence-electron chi connectivity index (χ1n) is 7.61. The summed E-state index contributed by atoms with van der Waals surface area (Å²) in [4.78, 5) is 7.87. The molecule has 23 heavy (non-hydrogen) atoms. The number of thioether (sulfide) groups is 1. The molecule has 0 aliphatic heterocycles. The molecule has 0 fully saturated rings. The molecule has 6 nitrogen and oxygen atoms in total. The quantitative estimate of drug-likeness (QED) is 0.532. The zero-order valence-electron chi connectivity index (χ0n) is 14.2. The van der Waals surface area contributed by atoms with Gasteiger partial charge in [-0.15, -0.1) is 23.1 Å². The lowest BCUT2D eigenvalue weighted by molar-refractivity contribution is 0.271. The van der Waals surface area contributed by atoms with E-state index in [0.717, 1.165) is 25.3 Å². The molecule has 2 rings (SSSR count). The first-order valence-corrected chi connectivity index (χ1v) is 9.41. The second-order valence-corrected chi connectivity index (χ2v) is 8.20. The lowest BCUT2D eigenvalue weighted by Crippen LogP contribution is -2.09. The van der Waals surface area contributed by atoms with Crippen molar-refractivity contribution in [1.82, 2.24) is 19.7 Å². The van der Waals surface area contributed by atoms with Crippen LogP contribution in [0.5, 0.6) is 0 Å². The van der Waals surface area contributed by atoms with Crippen molar-refractivity contribution < 1.29 is 5.11 Å². The number of rotatable bonds is 9. The van der Waals surface area contributed by atoms with Gasteiger partial charge >= 0.3 is 0 Å². The van der Waals surface area contributed by atoms with Crippen LogP contribution < -0.4 is 5.32 Å². The molecule has 0 radical (unpaired) electrons. The predicted molar refractivity (Wildman–Crippen MR) is 97.2 cm³/mol. The van der Waals surface area contributed by atoms with Crippen molar-refractivity contribution >= 4 is 29.0 Å². The summed E-state index contributed by atoms with van der Waals surface area (Å²) in [6.07, 6.45) is 1.05. The van der Waals surface area contributed by atoms with Gasteiger partial charge in [-0.05, 0) is 39.1 Å². The zero-order chi connectivity index (χ0) is 16.8. The van der Waals surface area contributed by atoms with Crippen molar-refractivity contribution in [3.63, 3.8) is 0 Å². The molecule has 0 saturated heterocycles. The van der Waals surface area contributed by atoms with E-state index >= 15 is 0 Å². The highest BCUT2D eigenvalue weighted by Crippen LogP contribution is 2.31. The molecule has 0 unspecified atom stereocenters. The summed E-state index contributed by atoms with van der Waals surface area (Å²) in [6, 6.07) is 2.29. The Labute approximate surface area is 145 Å². The maximum Gasteiger partial charge on any atom is 0.221 e. The van der Waals surface area contributed by atoms with Crippen LogP contribution in [-0.4, -0.2) is 51.2 Å². The van der Waals surface area contributed by atoms with E-state index in [1.54, 1.807) is 4.68 Å². The number of anilines is 1. The molecule has 2 aromatic heterocycles. The summed E-state index contributed by atoms with van der Waals surface area (Å²) in [5, 5.41) is 16.4. The molecular formula is C15H25N5OS2. The van der Waals surface area contributed by atoms with Crippen LogP contribution in [0.15, 0.2) is 10.3 Å². The number of aromatic nitrogens is 3. The van der Waals surface area contributed by atoms with Crippen molar-refractivity contribution in [1.29, 1.82) is 0 Å². The molecule has 0 aliphatic carbocycles. The summed E-state index contributed by atoms with van der Waals surface area (Å²) >= 11 is 3.81. The average Bonchev–Trinajstić information content (AvgIpc) is 3.01. The van der Waals surface area contributed by atoms with E-state index in [9.17, 15) is 0 Å². The van der Waals surface area contributed by atoms with Gasteiger partial charge < -0.3 is 15.3 Å². The molecule has 0 spiro atoms. The maximum atomic E-state index is 9.02. The van der Waals surface area contributed by atoms with Gasteiger partial charge in [-0.1, -0.05) is 0 Å². The van der Waals surface area contributed by atoms with Crippen LogP contribution in [0.3, 0.4) is 0 Å². The van der Waals surface area contributed by atoms with Crippen LogP contribution in [0.2, 0.25) is 0 Å². The van der Waals surface area contributed by atoms with E-state index in [0.29, 0.717) is 11.8 Å². The SMILES string of the molecule is Cc1cc(SCCCNc2nc(CO)nn2C)sc1CN(C)C. The van der Waals surface area contributed by atoms with Gasteiger partial charge in [0.25, 0.3) is 0 Å². The number of hydrogen-bond acceptors (Lipinski definition) is 7. The fourth-order valence-electron chi connectivity index (χ4n) is 2.11. The number of thiophene rings is 1. The van der Waals surface area contributed by atoms with Gasteiger partial charge in [0, 0.05) is 30.8 Å². The molecule has 0 aromatic carbocycles. The molecule has 2 N–H and O–H groups in total. The molecule has 128 valence electrons. The van der Waals surface area contributed by atoms with Gasteiger partial charge in [0.2, 0.25) is 5.95 Å². The first kappa shape index (κ1) is 18.3. The number of nitrogens with zero attached hydrogens (tertiary/aromatic N) is 4. The van der Waals surface area contributed by atoms with Gasteiger partial charge in [0.1, 0.15) is 6.61 Å². The third kappa shape index (κ3) is 5.49. The Hall–Kier alpha value is -1.09. The van der Waals surface area contributed by atoms with Gasteiger partial charge in [0.05, 0.1) is 4.21 Å². The topological polar surface area (TPSA) is 66.2 Å². The molecule has 8 heteroatoms. The third-order valence-electron chi connectivity index (χ3n) is 3.25. The minimum Gasteiger partial charge on any atom is -0.388 e. The predicted octanol–water partition coefficient (Wildman–Crippen LogP) is 2.33. The van der Waals surface area contributed by atoms with Gasteiger partial charge in [-0.3, -0.25) is 0 Å². The number of aliphatic hydroxyl groups is 1. The lowest BCUT2D eigenvalue weighted by Gasteiger charge is -2.07. The van der Waals surface area contributed by atoms with Gasteiger partial charge in [-0.2, -0.15) is 10.1 Å². The highest BCUT2D eigenvalue weighted by Gasteiger charge is 2.08. The van der Waals surface area contributed by atoms with Gasteiger partial charge in [-0.25, -0.2) is 4.68 Å². The van der Waals surface area contributed by atoms with Crippen molar-refractivity contribution in [2.24, 2.45) is 7.05 Å². The third-order valence-corrected chi connectivity index (χ3v) is 5.77. The van der Waals surface area contributed by atoms with E-state index in [-0.39, 0.29) is 6.61 Å². The van der Waals surface area contributed by atoms with E-state index in [1.165, 1.54) is 14.6 Å². The molecule has 0 saturated carbocycles. The summed E-state index contributed by atoms with van der Waals surface area (Å²) < 4.78 is 3.05. The Morgan fingerprint density at radius 1 is 1.43 bits per heavy atom. The van der Waals surface area contributed by atoms with Crippen molar-refractivity contribution in [2.45, 2.75) is 30.7 Å². The molecule has 0 aliphatic rings. The van der Waals surface area contributed by atoms with Crippen LogP contribution in [-0.2, 0) is 20.2 Å². The molecular weight excluding hydrogens is 330 g/mol. The van der Waals surface area contributed by atoms with Crippen LogP contribution >= 0.6 is 23.1 Å². The highest BCUT2D eigenvalue weighted by molar-refractivity contribution is 8.01. The smallest absolute Gasteiger partial charge is 0.221 e. The number of hydrogen-bond donors (Lipinski definition) is 2. The fraction of sp³-hybridized carbons (Fsp3) is 0.600. The average molecular weight is 356 g/mol. The Morgan fingerprint density at radius 2 is 2.22 bits per heavy atom. The van der Waals surface area contributed by atoms with Crippen molar-refractivity contribution in [3.8, 4) is 0 Å². The Morgan fingerprint density at radius 3 is 2.87 bits per heavy atom. The number of aliphatic hydroxyl groups excluding tert-OH is 1. The summed E-state index contributed by atoms with van der Waals surface area (Å²) in [5.41, 5.74) is 1.39. The minimum atomic E-state index is -0.127. The molecule has 2 heterocycles. The Balaban J connectivity index is 1.72. The molecule has 0 bridgehead atoms. The van der Waals surface area contributed by atoms with E-state index in [4.69, 9.17) is 5.11 Å². The molecule has 2 aromatic rings. The second kappa shape index (κ2) is 8.68. The summed E-state index contributed by atoms with van der Waals surface area (Å²) in [7, 11) is 6.03. The second-order valence-electron chi connectivity index (χ2n) is 5.67. The van der Waals surface area contributed by atoms with Crippen LogP contribution in [0.1, 0.15) is 22.7 Å². The summed E-state index contributed by atoms with van der Waals surface area (Å²) in [5.74, 6) is 2.23. The zero-order valence-corrected chi connectivity index (χ0v) is 15.8. The largest absolute Gasteiger partial charge is 0.388 e. The van der Waals surface area contributed by atoms with E-state index in [2.05, 4.69) is 47.4 Å². The number of aryl methyl sites for hydroxylation is 2. The monoisotopic (exact) mass is 355 g/mol. The van der Waals surface area contributed by atoms with Crippen LogP contribution in [0.4, 0.5) is 5.95 Å². The minimum absolute atomic E-state index is 0.127. The van der Waals surface area contributed by atoms with Crippen LogP contribution in [0, 0.1) is 6.92 Å². The Bertz CT molecular complexity index is 623. The highest BCUT2D eigenvalue weighted by atomic mass is 32.2. The summed E-state index contributed by atoms with van der Waals surface area (Å²) in [6.45, 7) is 3.92. The van der Waals surface area contributed by atoms with E-state index < -0.39 is 0 Å². The standard InChI is InChI=1S/C15H25N5OS2/c1-11-8-14(23-12(11)9-19(2)3)22-7-5-6-16-15-17-13(10-21)18-20(15)4/h8,21H,5-7,9-10H2,1-4H3,(H,16,17,18).